The lowest BCUT2D eigenvalue weighted by Crippen LogP contribution is -1.81. The van der Waals surface area contributed by atoms with Crippen molar-refractivity contribution in [2.45, 2.75) is 6.92 Å². The minimum Gasteiger partial charge on any atom is -0.328 e. The third-order valence-electron chi connectivity index (χ3n) is 0.556. The summed E-state index contributed by atoms with van der Waals surface area (Å²) in [5.41, 5.74) is 0. The Labute approximate surface area is 61.1 Å². The van der Waals surface area contributed by atoms with E-state index in [0.717, 1.165) is 5.01 Å². The van der Waals surface area contributed by atoms with Crippen molar-refractivity contribution < 1.29 is 10.3 Å². The molecule has 0 aliphatic rings. The van der Waals surface area contributed by atoms with Gasteiger partial charge in [-0.25, -0.2) is 0 Å². The van der Waals surface area contributed by atoms with E-state index in [1.165, 1.54) is 0 Å². The highest BCUT2D eigenvalue weighted by atomic mass is 32.1. The van der Waals surface area contributed by atoms with Gasteiger partial charge < -0.3 is 5.21 Å². The molecule has 0 fully saturated rings. The maximum atomic E-state index is 8.36. The smallest absolute Gasteiger partial charge is 0.291 e. The molecule has 0 aromatic carbocycles. The highest BCUT2D eigenvalue weighted by Gasteiger charge is 1.76. The Balaban J connectivity index is 0.000000180. The molecule has 0 aliphatic carbocycles. The van der Waals surface area contributed by atoms with Crippen molar-refractivity contribution in [1.29, 1.82) is 0 Å². The van der Waals surface area contributed by atoms with Crippen LogP contribution in [0.4, 0.5) is 0 Å². The molecular formula is C4H6N2O3S. The van der Waals surface area contributed by atoms with Crippen LogP contribution < -0.4 is 0 Å². The standard InChI is InChI=1S/C4H5NS.HNO3/c1-4-5-2-3-6-4;2-1(3)4/h2-3H,1H3;(H,2,3,4). The van der Waals surface area contributed by atoms with Gasteiger partial charge in [-0.2, -0.15) is 0 Å². The Bertz CT molecular complexity index is 182. The van der Waals surface area contributed by atoms with Gasteiger partial charge in [-0.3, -0.25) is 4.98 Å². The predicted octanol–water partition coefficient (Wildman–Crippen LogP) is 1.10. The van der Waals surface area contributed by atoms with E-state index in [4.69, 9.17) is 15.3 Å². The molecular weight excluding hydrogens is 156 g/mol. The van der Waals surface area contributed by atoms with Crippen molar-refractivity contribution in [3.05, 3.63) is 26.7 Å². The molecule has 1 aromatic heterocycles. The summed E-state index contributed by atoms with van der Waals surface area (Å²) in [5.74, 6) is 0. The summed E-state index contributed by atoms with van der Waals surface area (Å²) in [7, 11) is 0. The summed E-state index contributed by atoms with van der Waals surface area (Å²) in [6, 6.07) is 0. The van der Waals surface area contributed by atoms with Crippen LogP contribution in [0.25, 0.3) is 0 Å². The number of nitrogens with zero attached hydrogens (tertiary/aromatic N) is 2. The molecule has 1 aromatic rings. The van der Waals surface area contributed by atoms with E-state index in [2.05, 4.69) is 4.98 Å². The zero-order valence-electron chi connectivity index (χ0n) is 5.22. The topological polar surface area (TPSA) is 76.3 Å². The number of aromatic nitrogens is 1. The Kier molecular flexibility index (Phi) is 4.14. The van der Waals surface area contributed by atoms with Gasteiger partial charge >= 0.3 is 0 Å². The van der Waals surface area contributed by atoms with Crippen molar-refractivity contribution in [2.75, 3.05) is 0 Å². The first-order chi connectivity index (χ1) is 4.63. The average Bonchev–Trinajstić information content (AvgIpc) is 2.15. The van der Waals surface area contributed by atoms with Crippen LogP contribution in [0.2, 0.25) is 0 Å². The van der Waals surface area contributed by atoms with Crippen LogP contribution >= 0.6 is 11.3 Å². The summed E-state index contributed by atoms with van der Waals surface area (Å²) in [6.45, 7) is 1.99. The maximum absolute atomic E-state index is 8.36. The van der Waals surface area contributed by atoms with Gasteiger partial charge in [-0.1, -0.05) is 0 Å². The zero-order valence-corrected chi connectivity index (χ0v) is 6.04. The molecule has 0 saturated carbocycles. The van der Waals surface area contributed by atoms with Crippen LogP contribution in [0.5, 0.6) is 0 Å². The third kappa shape index (κ3) is 6.83. The fourth-order valence-electron chi connectivity index (χ4n) is 0.295. The maximum Gasteiger partial charge on any atom is 0.291 e. The summed E-state index contributed by atoms with van der Waals surface area (Å²) in [5, 5.41) is 16.7. The van der Waals surface area contributed by atoms with Crippen molar-refractivity contribution in [3.8, 4) is 0 Å². The molecule has 0 saturated heterocycles. The van der Waals surface area contributed by atoms with Gasteiger partial charge in [0.2, 0.25) is 0 Å². The molecule has 0 amide bonds. The molecule has 0 atom stereocenters. The molecule has 0 spiro atoms. The number of hydrogen-bond acceptors (Lipinski definition) is 4. The summed E-state index contributed by atoms with van der Waals surface area (Å²) < 4.78 is 0. The molecule has 0 aliphatic heterocycles. The quantitative estimate of drug-likeness (QED) is 0.457. The molecule has 1 N–H and O–H groups in total. The summed E-state index contributed by atoms with van der Waals surface area (Å²) in [6.07, 6.45) is 1.81. The molecule has 1 rings (SSSR count). The first-order valence-electron chi connectivity index (χ1n) is 2.32. The first-order valence-corrected chi connectivity index (χ1v) is 3.20. The second-order valence-electron chi connectivity index (χ2n) is 1.29. The van der Waals surface area contributed by atoms with Gasteiger partial charge in [0.25, 0.3) is 5.09 Å². The Hall–Kier alpha value is -1.17. The fourth-order valence-corrected chi connectivity index (χ4v) is 0.735. The number of thiazole rings is 1. The highest BCUT2D eigenvalue weighted by Crippen LogP contribution is 1.98. The fraction of sp³-hybridized carbons (Fsp3) is 0.250. The second-order valence-corrected chi connectivity index (χ2v) is 2.39. The van der Waals surface area contributed by atoms with Crippen LogP contribution in [0.15, 0.2) is 11.6 Å². The number of rotatable bonds is 0. The SMILES string of the molecule is Cc1nccs1.O=[N+]([O-])O. The normalized spacial score (nSPS) is 7.70. The van der Waals surface area contributed by atoms with Crippen molar-refractivity contribution in [3.63, 3.8) is 0 Å². The van der Waals surface area contributed by atoms with E-state index in [1.54, 1.807) is 17.5 Å². The molecule has 0 unspecified atom stereocenters. The van der Waals surface area contributed by atoms with Gasteiger partial charge in [-0.05, 0) is 6.92 Å². The average molecular weight is 162 g/mol. The lowest BCUT2D eigenvalue weighted by Gasteiger charge is -1.65. The molecule has 56 valence electrons. The van der Waals surface area contributed by atoms with Gasteiger partial charge in [0.1, 0.15) is 0 Å². The lowest BCUT2D eigenvalue weighted by molar-refractivity contribution is -0.742. The number of hydrogen-bond donors (Lipinski definition) is 1. The van der Waals surface area contributed by atoms with E-state index >= 15 is 0 Å². The molecule has 6 heteroatoms. The van der Waals surface area contributed by atoms with Gasteiger partial charge in [0.15, 0.2) is 0 Å². The van der Waals surface area contributed by atoms with Crippen LogP contribution in [0.1, 0.15) is 5.01 Å². The molecule has 1 heterocycles. The van der Waals surface area contributed by atoms with E-state index in [0.29, 0.717) is 0 Å². The van der Waals surface area contributed by atoms with Crippen molar-refractivity contribution in [2.24, 2.45) is 0 Å². The van der Waals surface area contributed by atoms with E-state index in [-0.39, 0.29) is 0 Å². The molecule has 5 nitrogen and oxygen atoms in total. The van der Waals surface area contributed by atoms with Crippen LogP contribution in [0, 0.1) is 17.0 Å². The zero-order chi connectivity index (χ0) is 7.98. The largest absolute Gasteiger partial charge is 0.328 e. The van der Waals surface area contributed by atoms with E-state index in [9.17, 15) is 0 Å². The molecule has 10 heavy (non-hydrogen) atoms. The number of aryl methyl sites for hydroxylation is 1. The molecule has 0 bridgehead atoms. The Morgan fingerprint density at radius 2 is 2.40 bits per heavy atom. The van der Waals surface area contributed by atoms with Crippen LogP contribution in [-0.4, -0.2) is 15.3 Å². The minimum atomic E-state index is -1.50. The first kappa shape index (κ1) is 8.83. The second kappa shape index (κ2) is 4.68. The summed E-state index contributed by atoms with van der Waals surface area (Å²) >= 11 is 1.67. The van der Waals surface area contributed by atoms with Crippen molar-refractivity contribution in [1.82, 2.24) is 4.98 Å². The monoisotopic (exact) mass is 162 g/mol. The van der Waals surface area contributed by atoms with Crippen molar-refractivity contribution >= 4 is 11.3 Å². The highest BCUT2D eigenvalue weighted by molar-refractivity contribution is 7.09. The molecule has 0 radical (unpaired) electrons. The van der Waals surface area contributed by atoms with Crippen LogP contribution in [-0.2, 0) is 0 Å². The van der Waals surface area contributed by atoms with Gasteiger partial charge in [-0.15, -0.1) is 21.5 Å². The predicted molar refractivity (Wildman–Crippen MR) is 35.6 cm³/mol. The minimum absolute atomic E-state index is 1.13. The summed E-state index contributed by atoms with van der Waals surface area (Å²) in [4.78, 5) is 12.3. The third-order valence-corrected chi connectivity index (χ3v) is 1.26. The Morgan fingerprint density at radius 3 is 2.50 bits per heavy atom. The van der Waals surface area contributed by atoms with Crippen LogP contribution in [0.3, 0.4) is 0 Å². The lowest BCUT2D eigenvalue weighted by atomic mass is 10.8. The van der Waals surface area contributed by atoms with Gasteiger partial charge in [0.05, 0.1) is 5.01 Å². The van der Waals surface area contributed by atoms with E-state index < -0.39 is 5.09 Å². The van der Waals surface area contributed by atoms with E-state index in [1.807, 2.05) is 12.3 Å². The Morgan fingerprint density at radius 1 is 1.90 bits per heavy atom. The van der Waals surface area contributed by atoms with Gasteiger partial charge in [0, 0.05) is 11.6 Å².